The maximum absolute atomic E-state index is 12.3. The van der Waals surface area contributed by atoms with Crippen LogP contribution in [0.3, 0.4) is 0 Å². The van der Waals surface area contributed by atoms with E-state index in [9.17, 15) is 9.59 Å². The lowest BCUT2D eigenvalue weighted by molar-refractivity contribution is -0.136. The van der Waals surface area contributed by atoms with Crippen molar-refractivity contribution < 1.29 is 23.8 Å². The molecule has 23 heavy (non-hydrogen) atoms. The van der Waals surface area contributed by atoms with E-state index in [4.69, 9.17) is 14.2 Å². The summed E-state index contributed by atoms with van der Waals surface area (Å²) in [4.78, 5) is 25.8. The first kappa shape index (κ1) is 15.6. The largest absolute Gasteiger partial charge is 0.454 e. The van der Waals surface area contributed by atoms with Crippen molar-refractivity contribution in [1.29, 1.82) is 0 Å². The molecule has 1 fully saturated rings. The van der Waals surface area contributed by atoms with Crippen molar-refractivity contribution in [2.75, 3.05) is 33.6 Å². The predicted octanol–water partition coefficient (Wildman–Crippen LogP) is 0.783. The lowest BCUT2D eigenvalue weighted by Crippen LogP contribution is -2.47. The van der Waals surface area contributed by atoms with Gasteiger partial charge >= 0.3 is 0 Å². The number of nitrogens with zero attached hydrogens (tertiary/aromatic N) is 1. The SMILES string of the molecule is COCC(=O)N1CCC(NC(=O)c2ccc3c(c2)OCO3)CC1. The molecule has 2 heterocycles. The van der Waals surface area contributed by atoms with Crippen LogP contribution in [-0.2, 0) is 9.53 Å². The Morgan fingerprint density at radius 2 is 2.00 bits per heavy atom. The highest BCUT2D eigenvalue weighted by Gasteiger charge is 2.24. The second-order valence-corrected chi connectivity index (χ2v) is 5.63. The van der Waals surface area contributed by atoms with Crippen LogP contribution in [0.4, 0.5) is 0 Å². The van der Waals surface area contributed by atoms with Gasteiger partial charge in [-0.15, -0.1) is 0 Å². The standard InChI is InChI=1S/C16H20N2O5/c1-21-9-15(19)18-6-4-12(5-7-18)17-16(20)11-2-3-13-14(8-11)23-10-22-13/h2-3,8,12H,4-7,9-10H2,1H3,(H,17,20). The Balaban J connectivity index is 1.52. The topological polar surface area (TPSA) is 77.1 Å². The first-order valence-corrected chi connectivity index (χ1v) is 7.64. The number of amides is 2. The van der Waals surface area contributed by atoms with Crippen molar-refractivity contribution in [3.05, 3.63) is 23.8 Å². The Kier molecular flexibility index (Phi) is 4.66. The summed E-state index contributed by atoms with van der Waals surface area (Å²) < 4.78 is 15.4. The van der Waals surface area contributed by atoms with E-state index in [0.29, 0.717) is 30.2 Å². The summed E-state index contributed by atoms with van der Waals surface area (Å²) in [5, 5.41) is 3.01. The molecule has 7 nitrogen and oxygen atoms in total. The van der Waals surface area contributed by atoms with E-state index in [0.717, 1.165) is 12.8 Å². The van der Waals surface area contributed by atoms with Crippen molar-refractivity contribution in [3.63, 3.8) is 0 Å². The van der Waals surface area contributed by atoms with E-state index < -0.39 is 0 Å². The van der Waals surface area contributed by atoms with E-state index in [1.165, 1.54) is 7.11 Å². The zero-order valence-electron chi connectivity index (χ0n) is 13.0. The van der Waals surface area contributed by atoms with Crippen LogP contribution >= 0.6 is 0 Å². The van der Waals surface area contributed by atoms with Gasteiger partial charge in [0.05, 0.1) is 0 Å². The molecule has 1 aromatic rings. The molecule has 0 bridgehead atoms. The number of nitrogens with one attached hydrogen (secondary N) is 1. The van der Waals surface area contributed by atoms with Crippen LogP contribution in [0.15, 0.2) is 18.2 Å². The van der Waals surface area contributed by atoms with E-state index in [-0.39, 0.29) is 31.3 Å². The van der Waals surface area contributed by atoms with Gasteiger partial charge in [-0.1, -0.05) is 0 Å². The lowest BCUT2D eigenvalue weighted by atomic mass is 10.0. The van der Waals surface area contributed by atoms with Gasteiger partial charge in [-0.3, -0.25) is 9.59 Å². The number of ether oxygens (including phenoxy) is 3. The number of benzene rings is 1. The monoisotopic (exact) mass is 320 g/mol. The first-order chi connectivity index (χ1) is 11.2. The molecule has 0 atom stereocenters. The number of carbonyl (C=O) groups is 2. The van der Waals surface area contributed by atoms with Gasteiger partial charge in [0, 0.05) is 31.8 Å². The molecule has 2 amide bonds. The van der Waals surface area contributed by atoms with Gasteiger partial charge in [0.25, 0.3) is 5.91 Å². The van der Waals surface area contributed by atoms with Crippen LogP contribution in [0.25, 0.3) is 0 Å². The van der Waals surface area contributed by atoms with Gasteiger partial charge in [0.1, 0.15) is 6.61 Å². The van der Waals surface area contributed by atoms with Crippen LogP contribution in [-0.4, -0.2) is 56.4 Å². The van der Waals surface area contributed by atoms with Crippen molar-refractivity contribution in [2.45, 2.75) is 18.9 Å². The molecule has 1 saturated heterocycles. The second kappa shape index (κ2) is 6.87. The Bertz CT molecular complexity index is 596. The highest BCUT2D eigenvalue weighted by molar-refractivity contribution is 5.95. The van der Waals surface area contributed by atoms with Crippen molar-refractivity contribution in [3.8, 4) is 11.5 Å². The second-order valence-electron chi connectivity index (χ2n) is 5.63. The molecule has 1 aromatic carbocycles. The van der Waals surface area contributed by atoms with Gasteiger partial charge in [-0.2, -0.15) is 0 Å². The fourth-order valence-electron chi connectivity index (χ4n) is 2.79. The number of fused-ring (bicyclic) bond motifs is 1. The smallest absolute Gasteiger partial charge is 0.251 e. The summed E-state index contributed by atoms with van der Waals surface area (Å²) in [6.07, 6.45) is 1.48. The molecule has 3 rings (SSSR count). The maximum Gasteiger partial charge on any atom is 0.251 e. The van der Waals surface area contributed by atoms with Crippen molar-refractivity contribution in [2.24, 2.45) is 0 Å². The third kappa shape index (κ3) is 3.56. The molecule has 1 N–H and O–H groups in total. The Labute approximate surface area is 134 Å². The molecule has 2 aliphatic heterocycles. The zero-order valence-corrected chi connectivity index (χ0v) is 13.0. The number of carbonyl (C=O) groups excluding carboxylic acids is 2. The summed E-state index contributed by atoms with van der Waals surface area (Å²) in [5.74, 6) is 1.11. The van der Waals surface area contributed by atoms with Gasteiger partial charge in [0.15, 0.2) is 11.5 Å². The number of rotatable bonds is 4. The Morgan fingerprint density at radius 1 is 1.26 bits per heavy atom. The minimum atomic E-state index is -0.134. The third-order valence-corrected chi connectivity index (χ3v) is 4.09. The number of hydrogen-bond acceptors (Lipinski definition) is 5. The molecule has 124 valence electrons. The minimum Gasteiger partial charge on any atom is -0.454 e. The summed E-state index contributed by atoms with van der Waals surface area (Å²) in [5.41, 5.74) is 0.548. The number of methoxy groups -OCH3 is 1. The van der Waals surface area contributed by atoms with Gasteiger partial charge in [-0.05, 0) is 31.0 Å². The van der Waals surface area contributed by atoms with Crippen LogP contribution in [0, 0.1) is 0 Å². The van der Waals surface area contributed by atoms with E-state index in [2.05, 4.69) is 5.32 Å². The maximum atomic E-state index is 12.3. The molecule has 0 aliphatic carbocycles. The molecule has 0 unspecified atom stereocenters. The normalized spacial score (nSPS) is 17.2. The van der Waals surface area contributed by atoms with Crippen LogP contribution in [0.5, 0.6) is 11.5 Å². The van der Waals surface area contributed by atoms with Crippen LogP contribution < -0.4 is 14.8 Å². The van der Waals surface area contributed by atoms with E-state index in [1.54, 1.807) is 23.1 Å². The van der Waals surface area contributed by atoms with Gasteiger partial charge in [-0.25, -0.2) is 0 Å². The van der Waals surface area contributed by atoms with Crippen LogP contribution in [0.2, 0.25) is 0 Å². The summed E-state index contributed by atoms with van der Waals surface area (Å²) in [7, 11) is 1.51. The molecule has 0 spiro atoms. The molecule has 0 radical (unpaired) electrons. The van der Waals surface area contributed by atoms with Gasteiger partial charge in [0.2, 0.25) is 12.7 Å². The third-order valence-electron chi connectivity index (χ3n) is 4.09. The first-order valence-electron chi connectivity index (χ1n) is 7.64. The van der Waals surface area contributed by atoms with Crippen LogP contribution in [0.1, 0.15) is 23.2 Å². The molecular weight excluding hydrogens is 300 g/mol. The average Bonchev–Trinajstić information content (AvgIpc) is 3.03. The molecular formula is C16H20N2O5. The van der Waals surface area contributed by atoms with E-state index >= 15 is 0 Å². The summed E-state index contributed by atoms with van der Waals surface area (Å²) in [6, 6.07) is 5.22. The summed E-state index contributed by atoms with van der Waals surface area (Å²) in [6.45, 7) is 1.56. The molecule has 2 aliphatic rings. The number of piperidine rings is 1. The quantitative estimate of drug-likeness (QED) is 0.887. The highest BCUT2D eigenvalue weighted by Crippen LogP contribution is 2.32. The number of likely N-dealkylation sites (tertiary alicyclic amines) is 1. The molecule has 7 heteroatoms. The van der Waals surface area contributed by atoms with Crippen molar-refractivity contribution in [1.82, 2.24) is 10.2 Å². The van der Waals surface area contributed by atoms with Crippen molar-refractivity contribution >= 4 is 11.8 Å². The zero-order chi connectivity index (χ0) is 16.2. The van der Waals surface area contributed by atoms with Gasteiger partial charge < -0.3 is 24.4 Å². The average molecular weight is 320 g/mol. The lowest BCUT2D eigenvalue weighted by Gasteiger charge is -2.32. The fourth-order valence-corrected chi connectivity index (χ4v) is 2.79. The number of hydrogen-bond donors (Lipinski definition) is 1. The molecule has 0 saturated carbocycles. The minimum absolute atomic E-state index is 0.00644. The fraction of sp³-hybridized carbons (Fsp3) is 0.500. The Hall–Kier alpha value is -2.28. The predicted molar refractivity (Wildman–Crippen MR) is 81.5 cm³/mol. The highest BCUT2D eigenvalue weighted by atomic mass is 16.7. The summed E-state index contributed by atoms with van der Waals surface area (Å²) >= 11 is 0. The van der Waals surface area contributed by atoms with E-state index in [1.807, 2.05) is 0 Å². The molecule has 0 aromatic heterocycles. The Morgan fingerprint density at radius 3 is 2.74 bits per heavy atom.